The summed E-state index contributed by atoms with van der Waals surface area (Å²) in [6.45, 7) is 3.53. The first kappa shape index (κ1) is 13.5. The van der Waals surface area contributed by atoms with E-state index < -0.39 is 0 Å². The SMILES string of the molecule is CCCCN1C(=O)CC(SCCNC)C1=O. The van der Waals surface area contributed by atoms with E-state index in [2.05, 4.69) is 12.2 Å². The van der Waals surface area contributed by atoms with Crippen LogP contribution in [-0.4, -0.2) is 47.9 Å². The Balaban J connectivity index is 2.40. The van der Waals surface area contributed by atoms with E-state index in [-0.39, 0.29) is 17.1 Å². The molecule has 1 N–H and O–H groups in total. The number of thioether (sulfide) groups is 1. The molecule has 0 bridgehead atoms. The molecule has 5 heteroatoms. The lowest BCUT2D eigenvalue weighted by Crippen LogP contribution is -2.32. The molecule has 1 aliphatic rings. The molecule has 0 aromatic rings. The number of nitrogens with zero attached hydrogens (tertiary/aromatic N) is 1. The molecule has 4 nitrogen and oxygen atoms in total. The van der Waals surface area contributed by atoms with E-state index in [1.165, 1.54) is 4.90 Å². The smallest absolute Gasteiger partial charge is 0.242 e. The van der Waals surface area contributed by atoms with E-state index in [0.29, 0.717) is 13.0 Å². The van der Waals surface area contributed by atoms with E-state index in [1.54, 1.807) is 11.8 Å². The van der Waals surface area contributed by atoms with Crippen LogP contribution in [0.5, 0.6) is 0 Å². The van der Waals surface area contributed by atoms with E-state index in [0.717, 1.165) is 25.1 Å². The third-order valence-corrected chi connectivity index (χ3v) is 3.82. The van der Waals surface area contributed by atoms with Crippen LogP contribution in [0.3, 0.4) is 0 Å². The third kappa shape index (κ3) is 3.49. The Bertz CT molecular complexity index is 258. The topological polar surface area (TPSA) is 49.4 Å². The summed E-state index contributed by atoms with van der Waals surface area (Å²) in [6.07, 6.45) is 2.30. The minimum Gasteiger partial charge on any atom is -0.319 e. The fourth-order valence-electron chi connectivity index (χ4n) is 1.64. The van der Waals surface area contributed by atoms with Gasteiger partial charge in [0.2, 0.25) is 11.8 Å². The number of hydrogen-bond acceptors (Lipinski definition) is 4. The van der Waals surface area contributed by atoms with Crippen LogP contribution in [0.4, 0.5) is 0 Å². The molecule has 16 heavy (non-hydrogen) atoms. The second kappa shape index (κ2) is 6.91. The number of imide groups is 1. The normalized spacial score (nSPS) is 20.9. The summed E-state index contributed by atoms with van der Waals surface area (Å²) in [5, 5.41) is 2.89. The van der Waals surface area contributed by atoms with Gasteiger partial charge in [0.25, 0.3) is 0 Å². The fraction of sp³-hybridized carbons (Fsp3) is 0.818. The van der Waals surface area contributed by atoms with Crippen LogP contribution in [-0.2, 0) is 9.59 Å². The van der Waals surface area contributed by atoms with Gasteiger partial charge in [0.1, 0.15) is 0 Å². The molecule has 1 fully saturated rings. The van der Waals surface area contributed by atoms with Gasteiger partial charge in [-0.3, -0.25) is 14.5 Å². The molecule has 1 atom stereocenters. The quantitative estimate of drug-likeness (QED) is 0.533. The highest BCUT2D eigenvalue weighted by Crippen LogP contribution is 2.24. The van der Waals surface area contributed by atoms with Gasteiger partial charge in [-0.15, -0.1) is 11.8 Å². The third-order valence-electron chi connectivity index (χ3n) is 2.61. The Morgan fingerprint density at radius 2 is 2.25 bits per heavy atom. The number of likely N-dealkylation sites (tertiary alicyclic amines) is 1. The minimum atomic E-state index is -0.141. The monoisotopic (exact) mass is 244 g/mol. The Kier molecular flexibility index (Phi) is 5.84. The van der Waals surface area contributed by atoms with Crippen molar-refractivity contribution in [2.45, 2.75) is 31.4 Å². The maximum absolute atomic E-state index is 11.9. The molecule has 92 valence electrons. The average Bonchev–Trinajstić information content (AvgIpc) is 2.53. The van der Waals surface area contributed by atoms with Gasteiger partial charge in [0.15, 0.2) is 0 Å². The van der Waals surface area contributed by atoms with Crippen LogP contribution >= 0.6 is 11.8 Å². The van der Waals surface area contributed by atoms with E-state index in [4.69, 9.17) is 0 Å². The molecule has 0 spiro atoms. The van der Waals surface area contributed by atoms with Gasteiger partial charge in [-0.1, -0.05) is 13.3 Å². The first-order valence-corrected chi connectivity index (χ1v) is 6.86. The number of rotatable bonds is 7. The first-order valence-electron chi connectivity index (χ1n) is 5.81. The van der Waals surface area contributed by atoms with Crippen LogP contribution in [0, 0.1) is 0 Å². The molecule has 0 aromatic carbocycles. The van der Waals surface area contributed by atoms with Crippen molar-refractivity contribution in [1.82, 2.24) is 10.2 Å². The second-order valence-corrected chi connectivity index (χ2v) is 5.21. The van der Waals surface area contributed by atoms with Crippen LogP contribution in [0.2, 0.25) is 0 Å². The van der Waals surface area contributed by atoms with Gasteiger partial charge in [0, 0.05) is 25.3 Å². The molecule has 1 heterocycles. The fourth-order valence-corrected chi connectivity index (χ4v) is 2.77. The molecule has 0 saturated carbocycles. The van der Waals surface area contributed by atoms with Gasteiger partial charge in [-0.2, -0.15) is 0 Å². The van der Waals surface area contributed by atoms with Gasteiger partial charge < -0.3 is 5.32 Å². The van der Waals surface area contributed by atoms with E-state index >= 15 is 0 Å². The minimum absolute atomic E-state index is 0.000377. The lowest BCUT2D eigenvalue weighted by Gasteiger charge is -2.13. The average molecular weight is 244 g/mol. The van der Waals surface area contributed by atoms with Crippen LogP contribution in [0.1, 0.15) is 26.2 Å². The molecule has 0 aromatic heterocycles. The van der Waals surface area contributed by atoms with Crippen LogP contribution < -0.4 is 5.32 Å². The molecule has 1 unspecified atom stereocenters. The van der Waals surface area contributed by atoms with Crippen molar-refractivity contribution in [2.24, 2.45) is 0 Å². The molecule has 1 rings (SSSR count). The summed E-state index contributed by atoms with van der Waals surface area (Å²) in [4.78, 5) is 24.9. The van der Waals surface area contributed by atoms with E-state index in [1.807, 2.05) is 7.05 Å². The summed E-state index contributed by atoms with van der Waals surface area (Å²) in [5.41, 5.74) is 0. The Labute approximate surface area is 101 Å². The number of carbonyl (C=O) groups is 2. The highest BCUT2D eigenvalue weighted by Gasteiger charge is 2.37. The van der Waals surface area contributed by atoms with Crippen molar-refractivity contribution in [3.05, 3.63) is 0 Å². The van der Waals surface area contributed by atoms with Crippen molar-refractivity contribution in [1.29, 1.82) is 0 Å². The van der Waals surface area contributed by atoms with Gasteiger partial charge >= 0.3 is 0 Å². The van der Waals surface area contributed by atoms with Crippen LogP contribution in [0.25, 0.3) is 0 Å². The summed E-state index contributed by atoms with van der Waals surface area (Å²) >= 11 is 1.58. The molecular formula is C11H20N2O2S. The molecule has 2 amide bonds. The Morgan fingerprint density at radius 1 is 1.50 bits per heavy atom. The highest BCUT2D eigenvalue weighted by atomic mass is 32.2. The first-order chi connectivity index (χ1) is 7.70. The zero-order valence-electron chi connectivity index (χ0n) is 9.99. The number of carbonyl (C=O) groups excluding carboxylic acids is 2. The largest absolute Gasteiger partial charge is 0.319 e. The van der Waals surface area contributed by atoms with Gasteiger partial charge in [-0.25, -0.2) is 0 Å². The maximum Gasteiger partial charge on any atom is 0.242 e. The lowest BCUT2D eigenvalue weighted by molar-refractivity contribution is -0.138. The zero-order chi connectivity index (χ0) is 12.0. The maximum atomic E-state index is 11.9. The van der Waals surface area contributed by atoms with Crippen molar-refractivity contribution in [3.8, 4) is 0 Å². The highest BCUT2D eigenvalue weighted by molar-refractivity contribution is 8.00. The molecule has 0 radical (unpaired) electrons. The van der Waals surface area contributed by atoms with Crippen LogP contribution in [0.15, 0.2) is 0 Å². The summed E-state index contributed by atoms with van der Waals surface area (Å²) in [7, 11) is 1.88. The van der Waals surface area contributed by atoms with Crippen molar-refractivity contribution < 1.29 is 9.59 Å². The Hall–Kier alpha value is -0.550. The standard InChI is InChI=1S/C11H20N2O2S/c1-3-4-6-13-10(14)8-9(11(13)15)16-7-5-12-2/h9,12H,3-8H2,1-2H3. The predicted molar refractivity (Wildman–Crippen MR) is 66.4 cm³/mol. The van der Waals surface area contributed by atoms with Crippen molar-refractivity contribution in [3.63, 3.8) is 0 Å². The van der Waals surface area contributed by atoms with Crippen molar-refractivity contribution >= 4 is 23.6 Å². The predicted octanol–water partition coefficient (Wildman–Crippen LogP) is 0.867. The molecule has 0 aliphatic carbocycles. The Morgan fingerprint density at radius 3 is 2.88 bits per heavy atom. The summed E-state index contributed by atoms with van der Waals surface area (Å²) in [5.74, 6) is 0.891. The number of nitrogens with one attached hydrogen (secondary N) is 1. The lowest BCUT2D eigenvalue weighted by atomic mass is 10.3. The molecular weight excluding hydrogens is 224 g/mol. The number of hydrogen-bond donors (Lipinski definition) is 1. The van der Waals surface area contributed by atoms with E-state index in [9.17, 15) is 9.59 Å². The molecule has 1 saturated heterocycles. The second-order valence-electron chi connectivity index (χ2n) is 3.90. The zero-order valence-corrected chi connectivity index (χ0v) is 10.8. The van der Waals surface area contributed by atoms with Gasteiger partial charge in [-0.05, 0) is 13.5 Å². The van der Waals surface area contributed by atoms with Gasteiger partial charge in [0.05, 0.1) is 5.25 Å². The summed E-state index contributed by atoms with van der Waals surface area (Å²) < 4.78 is 0. The molecule has 1 aliphatic heterocycles. The number of unbranched alkanes of at least 4 members (excludes halogenated alkanes) is 1. The number of amides is 2. The van der Waals surface area contributed by atoms with Crippen molar-refractivity contribution in [2.75, 3.05) is 25.9 Å². The summed E-state index contributed by atoms with van der Waals surface area (Å²) in [6, 6.07) is 0.